The van der Waals surface area contributed by atoms with Crippen LogP contribution in [0.1, 0.15) is 0 Å². The number of allylic oxidation sites excluding steroid dienone is 1. The van der Waals surface area contributed by atoms with Crippen LogP contribution in [-0.2, 0) is 18.8 Å². The summed E-state index contributed by atoms with van der Waals surface area (Å²) in [4.78, 5) is 0. The molecule has 0 aromatic heterocycles. The highest BCUT2D eigenvalue weighted by molar-refractivity contribution is 7.82. The molecule has 0 atom stereocenters. The average molecular weight is 148 g/mol. The molecule has 0 radical (unpaired) electrons. The van der Waals surface area contributed by atoms with Crippen molar-refractivity contribution in [3.63, 3.8) is 0 Å². The normalized spacial score (nSPS) is 21.6. The maximum Gasteiger partial charge on any atom is 0.500 e. The van der Waals surface area contributed by atoms with Crippen LogP contribution >= 0.6 is 0 Å². The van der Waals surface area contributed by atoms with Gasteiger partial charge in [0.05, 0.1) is 0 Å². The summed E-state index contributed by atoms with van der Waals surface area (Å²) in [6, 6.07) is 0. The lowest BCUT2D eigenvalue weighted by molar-refractivity contribution is 0.372. The third-order valence-corrected chi connectivity index (χ3v) is 1.41. The molecule has 0 saturated carbocycles. The van der Waals surface area contributed by atoms with Gasteiger partial charge in [-0.15, -0.1) is 8.42 Å². The molecule has 0 aliphatic carbocycles. The van der Waals surface area contributed by atoms with Gasteiger partial charge in [-0.25, -0.2) is 0 Å². The predicted octanol–water partition coefficient (Wildman–Crippen LogP) is 0.305. The Balaban J connectivity index is 2.83. The van der Waals surface area contributed by atoms with Gasteiger partial charge in [0.1, 0.15) is 0 Å². The van der Waals surface area contributed by atoms with E-state index in [0.717, 1.165) is 6.26 Å². The van der Waals surface area contributed by atoms with Crippen LogP contribution in [0, 0.1) is 0 Å². The average Bonchev–Trinajstić information content (AvgIpc) is 2.10. The molecule has 1 aliphatic heterocycles. The second-order valence-electron chi connectivity index (χ2n) is 1.31. The van der Waals surface area contributed by atoms with Crippen LogP contribution < -0.4 is 0 Å². The summed E-state index contributed by atoms with van der Waals surface area (Å²) in [6.07, 6.45) is 2.22. The smallest absolute Gasteiger partial charge is 0.357 e. The summed E-state index contributed by atoms with van der Waals surface area (Å²) in [5.41, 5.74) is 0. The van der Waals surface area contributed by atoms with Crippen LogP contribution in [0.15, 0.2) is 24.7 Å². The lowest BCUT2D eigenvalue weighted by Crippen LogP contribution is -1.96. The van der Waals surface area contributed by atoms with E-state index in [1.807, 2.05) is 0 Å². The fourth-order valence-electron chi connectivity index (χ4n) is 0.346. The Morgan fingerprint density at radius 2 is 2.33 bits per heavy atom. The first-order chi connectivity index (χ1) is 4.14. The standard InChI is InChI=1S/C4H4O4S/c1-2-4-3-7-9(5,6)8-4/h2-3H,1H2. The van der Waals surface area contributed by atoms with Crippen molar-refractivity contribution < 1.29 is 16.8 Å². The number of rotatable bonds is 1. The summed E-state index contributed by atoms with van der Waals surface area (Å²) >= 11 is 0. The van der Waals surface area contributed by atoms with E-state index < -0.39 is 10.4 Å². The second-order valence-corrected chi connectivity index (χ2v) is 2.49. The molecule has 4 nitrogen and oxygen atoms in total. The topological polar surface area (TPSA) is 52.6 Å². The minimum absolute atomic E-state index is 0.106. The van der Waals surface area contributed by atoms with E-state index in [1.165, 1.54) is 6.08 Å². The first kappa shape index (κ1) is 6.15. The first-order valence-electron chi connectivity index (χ1n) is 2.09. The third kappa shape index (κ3) is 1.23. The van der Waals surface area contributed by atoms with Crippen LogP contribution in [0.3, 0.4) is 0 Å². The third-order valence-electron chi connectivity index (χ3n) is 0.682. The zero-order chi connectivity index (χ0) is 6.91. The molecule has 0 amide bonds. The molecular weight excluding hydrogens is 144 g/mol. The molecule has 50 valence electrons. The number of hydrogen-bond donors (Lipinski definition) is 0. The van der Waals surface area contributed by atoms with E-state index in [-0.39, 0.29) is 5.76 Å². The highest BCUT2D eigenvalue weighted by atomic mass is 32.3. The molecule has 0 aromatic carbocycles. The summed E-state index contributed by atoms with van der Waals surface area (Å²) in [6.45, 7) is 3.27. The van der Waals surface area contributed by atoms with Gasteiger partial charge in [-0.1, -0.05) is 6.58 Å². The van der Waals surface area contributed by atoms with Crippen LogP contribution in [0.25, 0.3) is 0 Å². The monoisotopic (exact) mass is 148 g/mol. The zero-order valence-electron chi connectivity index (χ0n) is 4.40. The van der Waals surface area contributed by atoms with Gasteiger partial charge < -0.3 is 8.37 Å². The highest BCUT2D eigenvalue weighted by Gasteiger charge is 2.20. The summed E-state index contributed by atoms with van der Waals surface area (Å²) in [7, 11) is -3.77. The molecule has 0 spiro atoms. The molecule has 0 N–H and O–H groups in total. The van der Waals surface area contributed by atoms with Gasteiger partial charge in [0.25, 0.3) is 0 Å². The molecule has 1 rings (SSSR count). The van der Waals surface area contributed by atoms with E-state index in [9.17, 15) is 8.42 Å². The predicted molar refractivity (Wildman–Crippen MR) is 29.4 cm³/mol. The van der Waals surface area contributed by atoms with Crippen LogP contribution in [0.5, 0.6) is 0 Å². The maximum absolute atomic E-state index is 10.3. The molecule has 1 aliphatic rings. The van der Waals surface area contributed by atoms with Gasteiger partial charge in [0.2, 0.25) is 0 Å². The van der Waals surface area contributed by atoms with Crippen molar-refractivity contribution in [1.29, 1.82) is 0 Å². The Kier molecular flexibility index (Phi) is 1.21. The summed E-state index contributed by atoms with van der Waals surface area (Å²) < 4.78 is 28.8. The molecule has 0 bridgehead atoms. The second kappa shape index (κ2) is 1.77. The Labute approximate surface area is 52.7 Å². The molecule has 0 fully saturated rings. The minimum Gasteiger partial charge on any atom is -0.357 e. The van der Waals surface area contributed by atoms with Crippen molar-refractivity contribution in [1.82, 2.24) is 0 Å². The molecule has 9 heavy (non-hydrogen) atoms. The summed E-state index contributed by atoms with van der Waals surface area (Å²) in [5.74, 6) is 0.106. The van der Waals surface area contributed by atoms with Crippen molar-refractivity contribution in [3.05, 3.63) is 24.7 Å². The van der Waals surface area contributed by atoms with Crippen molar-refractivity contribution in [2.24, 2.45) is 0 Å². The van der Waals surface area contributed by atoms with E-state index in [0.29, 0.717) is 0 Å². The Hall–Kier alpha value is -0.970. The Bertz CT molecular complexity index is 248. The minimum atomic E-state index is -3.77. The number of hydrogen-bond acceptors (Lipinski definition) is 4. The lowest BCUT2D eigenvalue weighted by Gasteiger charge is -1.89. The van der Waals surface area contributed by atoms with Crippen molar-refractivity contribution in [2.45, 2.75) is 0 Å². The highest BCUT2D eigenvalue weighted by Crippen LogP contribution is 2.14. The van der Waals surface area contributed by atoms with Gasteiger partial charge >= 0.3 is 10.4 Å². The van der Waals surface area contributed by atoms with E-state index in [1.54, 1.807) is 0 Å². The van der Waals surface area contributed by atoms with Gasteiger partial charge in [-0.2, -0.15) is 0 Å². The zero-order valence-corrected chi connectivity index (χ0v) is 5.22. The van der Waals surface area contributed by atoms with Crippen molar-refractivity contribution >= 4 is 10.4 Å². The van der Waals surface area contributed by atoms with Gasteiger partial charge in [-0.3, -0.25) is 0 Å². The van der Waals surface area contributed by atoms with E-state index in [2.05, 4.69) is 14.9 Å². The first-order valence-corrected chi connectivity index (χ1v) is 3.43. The molecule has 5 heteroatoms. The van der Waals surface area contributed by atoms with E-state index >= 15 is 0 Å². The summed E-state index contributed by atoms with van der Waals surface area (Å²) in [5, 5.41) is 0. The molecule has 1 heterocycles. The molecule has 0 unspecified atom stereocenters. The fraction of sp³-hybridized carbons (Fsp3) is 0. The van der Waals surface area contributed by atoms with Gasteiger partial charge in [0, 0.05) is 0 Å². The largest absolute Gasteiger partial charge is 0.500 e. The quantitative estimate of drug-likeness (QED) is 0.536. The Morgan fingerprint density at radius 3 is 2.56 bits per heavy atom. The SMILES string of the molecule is C=CC1=COS(=O)(=O)O1. The lowest BCUT2D eigenvalue weighted by atomic mass is 10.5. The fourth-order valence-corrected chi connectivity index (χ4v) is 0.941. The van der Waals surface area contributed by atoms with E-state index in [4.69, 9.17) is 0 Å². The molecule has 0 aromatic rings. The van der Waals surface area contributed by atoms with Gasteiger partial charge in [0.15, 0.2) is 12.0 Å². The van der Waals surface area contributed by atoms with Crippen molar-refractivity contribution in [2.75, 3.05) is 0 Å². The van der Waals surface area contributed by atoms with Crippen molar-refractivity contribution in [3.8, 4) is 0 Å². The van der Waals surface area contributed by atoms with Gasteiger partial charge in [-0.05, 0) is 6.08 Å². The van der Waals surface area contributed by atoms with Crippen LogP contribution in [-0.4, -0.2) is 8.42 Å². The molecular formula is C4H4O4S. The maximum atomic E-state index is 10.3. The van der Waals surface area contributed by atoms with Crippen LogP contribution in [0.4, 0.5) is 0 Å². The molecule has 0 saturated heterocycles. The van der Waals surface area contributed by atoms with Crippen LogP contribution in [0.2, 0.25) is 0 Å². The Morgan fingerprint density at radius 1 is 1.67 bits per heavy atom.